The molecule has 1 aromatic carbocycles. The quantitative estimate of drug-likeness (QED) is 0.593. The molecule has 10 nitrogen and oxygen atoms in total. The van der Waals surface area contributed by atoms with Crippen LogP contribution in [0.1, 0.15) is 5.82 Å². The number of hydrogen-bond donors (Lipinski definition) is 2. The molecule has 0 spiro atoms. The van der Waals surface area contributed by atoms with Crippen LogP contribution in [0.5, 0.6) is 11.6 Å². The summed E-state index contributed by atoms with van der Waals surface area (Å²) in [5.41, 5.74) is 6.49. The van der Waals surface area contributed by atoms with Gasteiger partial charge in [-0.1, -0.05) is 11.6 Å². The zero-order chi connectivity index (χ0) is 21.3. The van der Waals surface area contributed by atoms with Crippen LogP contribution in [-0.2, 0) is 11.3 Å². The standard InChI is InChI=1S/C18H17ClFN7O3/c19-10-5-14(20)17(22-6-10)30-12-3-1-11(2-4-12)27-24-16(23-25-27)9-26-7-13(18(28)29)15(21)8-26/h1-6,13,15H,7-9,21H2,(H,28,29)/t13-,15+/m1/s1. The van der Waals surface area contributed by atoms with Crippen molar-refractivity contribution in [1.29, 1.82) is 0 Å². The number of pyridine rings is 1. The summed E-state index contributed by atoms with van der Waals surface area (Å²) in [7, 11) is 0. The summed E-state index contributed by atoms with van der Waals surface area (Å²) in [4.78, 5) is 18.2. The predicted octanol–water partition coefficient (Wildman–Crippen LogP) is 1.49. The molecule has 0 unspecified atom stereocenters. The molecule has 0 aliphatic carbocycles. The molecule has 0 bridgehead atoms. The van der Waals surface area contributed by atoms with Crippen LogP contribution in [0.2, 0.25) is 5.02 Å². The summed E-state index contributed by atoms with van der Waals surface area (Å²) in [5.74, 6) is -1.54. The Morgan fingerprint density at radius 2 is 2.10 bits per heavy atom. The van der Waals surface area contributed by atoms with Crippen molar-refractivity contribution in [2.24, 2.45) is 11.7 Å². The van der Waals surface area contributed by atoms with Crippen molar-refractivity contribution in [3.05, 3.63) is 53.2 Å². The second-order valence-electron chi connectivity index (χ2n) is 6.83. The van der Waals surface area contributed by atoms with Crippen molar-refractivity contribution in [1.82, 2.24) is 30.1 Å². The molecule has 2 aromatic heterocycles. The molecule has 3 aromatic rings. The molecule has 3 heterocycles. The summed E-state index contributed by atoms with van der Waals surface area (Å²) in [5, 5.41) is 21.7. The van der Waals surface area contributed by atoms with E-state index in [0.717, 1.165) is 6.07 Å². The highest BCUT2D eigenvalue weighted by atomic mass is 35.5. The van der Waals surface area contributed by atoms with Crippen LogP contribution >= 0.6 is 11.6 Å². The van der Waals surface area contributed by atoms with Crippen LogP contribution in [0.15, 0.2) is 36.5 Å². The van der Waals surface area contributed by atoms with Gasteiger partial charge in [-0.25, -0.2) is 9.37 Å². The Hall–Kier alpha value is -3.15. The van der Waals surface area contributed by atoms with Gasteiger partial charge in [-0.05, 0) is 35.5 Å². The average Bonchev–Trinajstić information content (AvgIpc) is 3.31. The third-order valence-electron chi connectivity index (χ3n) is 4.63. The van der Waals surface area contributed by atoms with Crippen molar-refractivity contribution in [2.75, 3.05) is 13.1 Å². The molecule has 3 N–H and O–H groups in total. The number of carbonyl (C=O) groups is 1. The van der Waals surface area contributed by atoms with Gasteiger partial charge in [-0.3, -0.25) is 9.69 Å². The lowest BCUT2D eigenvalue weighted by atomic mass is 10.1. The van der Waals surface area contributed by atoms with Crippen molar-refractivity contribution >= 4 is 17.6 Å². The lowest BCUT2D eigenvalue weighted by Gasteiger charge is -2.11. The molecule has 1 aliphatic heterocycles. The number of benzene rings is 1. The van der Waals surface area contributed by atoms with Crippen molar-refractivity contribution in [3.8, 4) is 17.3 Å². The monoisotopic (exact) mass is 433 g/mol. The van der Waals surface area contributed by atoms with Gasteiger partial charge in [0.1, 0.15) is 5.75 Å². The summed E-state index contributed by atoms with van der Waals surface area (Å²) in [6, 6.07) is 7.29. The first-order chi connectivity index (χ1) is 14.4. The van der Waals surface area contributed by atoms with E-state index in [0.29, 0.717) is 36.9 Å². The number of halogens is 2. The number of aromatic nitrogens is 5. The predicted molar refractivity (Wildman–Crippen MR) is 103 cm³/mol. The van der Waals surface area contributed by atoms with E-state index < -0.39 is 23.7 Å². The number of likely N-dealkylation sites (tertiary alicyclic amines) is 1. The maximum Gasteiger partial charge on any atom is 0.309 e. The Bertz CT molecular complexity index is 1060. The maximum atomic E-state index is 13.8. The van der Waals surface area contributed by atoms with E-state index in [9.17, 15) is 9.18 Å². The topological polar surface area (TPSA) is 132 Å². The highest BCUT2D eigenvalue weighted by molar-refractivity contribution is 6.30. The minimum absolute atomic E-state index is 0.178. The summed E-state index contributed by atoms with van der Waals surface area (Å²) in [6.07, 6.45) is 1.29. The van der Waals surface area contributed by atoms with Gasteiger partial charge < -0.3 is 15.6 Å². The smallest absolute Gasteiger partial charge is 0.309 e. The first-order valence-electron chi connectivity index (χ1n) is 8.98. The molecular weight excluding hydrogens is 417 g/mol. The fourth-order valence-electron chi connectivity index (χ4n) is 3.16. The van der Waals surface area contributed by atoms with E-state index in [2.05, 4.69) is 20.4 Å². The molecule has 156 valence electrons. The second-order valence-corrected chi connectivity index (χ2v) is 7.27. The lowest BCUT2D eigenvalue weighted by molar-refractivity contribution is -0.141. The van der Waals surface area contributed by atoms with Gasteiger partial charge in [0.2, 0.25) is 0 Å². The maximum absolute atomic E-state index is 13.8. The highest BCUT2D eigenvalue weighted by Gasteiger charge is 2.35. The number of carboxylic acid groups (broad SMARTS) is 1. The molecule has 2 atom stereocenters. The van der Waals surface area contributed by atoms with Crippen LogP contribution in [0.3, 0.4) is 0 Å². The van der Waals surface area contributed by atoms with Gasteiger partial charge in [0, 0.05) is 25.3 Å². The van der Waals surface area contributed by atoms with Crippen LogP contribution in [-0.4, -0.2) is 60.3 Å². The van der Waals surface area contributed by atoms with Crippen LogP contribution < -0.4 is 10.5 Å². The number of tetrazole rings is 1. The average molecular weight is 434 g/mol. The van der Waals surface area contributed by atoms with Gasteiger partial charge in [0.05, 0.1) is 23.2 Å². The van der Waals surface area contributed by atoms with E-state index in [1.807, 2.05) is 4.90 Å². The van der Waals surface area contributed by atoms with E-state index in [4.69, 9.17) is 27.2 Å². The third kappa shape index (κ3) is 4.37. The zero-order valence-corrected chi connectivity index (χ0v) is 16.3. The van der Waals surface area contributed by atoms with Crippen molar-refractivity contribution < 1.29 is 19.0 Å². The van der Waals surface area contributed by atoms with Crippen molar-refractivity contribution in [2.45, 2.75) is 12.6 Å². The number of ether oxygens (including phenoxy) is 1. The van der Waals surface area contributed by atoms with E-state index in [1.165, 1.54) is 11.0 Å². The van der Waals surface area contributed by atoms with Crippen molar-refractivity contribution in [3.63, 3.8) is 0 Å². The fourth-order valence-corrected chi connectivity index (χ4v) is 3.30. The number of nitrogens with zero attached hydrogens (tertiary/aromatic N) is 6. The molecule has 0 amide bonds. The third-order valence-corrected chi connectivity index (χ3v) is 4.84. The largest absolute Gasteiger partial charge is 0.481 e. The summed E-state index contributed by atoms with van der Waals surface area (Å²) in [6.45, 7) is 1.14. The second kappa shape index (κ2) is 8.30. The number of nitrogens with two attached hydrogens (primary N) is 1. The molecule has 1 aliphatic rings. The first-order valence-corrected chi connectivity index (χ1v) is 9.36. The Morgan fingerprint density at radius 1 is 1.33 bits per heavy atom. The number of carboxylic acids is 1. The lowest BCUT2D eigenvalue weighted by Crippen LogP contribution is -2.33. The van der Waals surface area contributed by atoms with Gasteiger partial charge >= 0.3 is 5.97 Å². The van der Waals surface area contributed by atoms with Gasteiger partial charge in [0.15, 0.2) is 11.6 Å². The SMILES string of the molecule is N[C@H]1CN(Cc2nnn(-c3ccc(Oc4ncc(Cl)cc4F)cc3)n2)C[C@H]1C(=O)O. The highest BCUT2D eigenvalue weighted by Crippen LogP contribution is 2.25. The molecule has 4 rings (SSSR count). The van der Waals surface area contributed by atoms with Crippen LogP contribution in [0, 0.1) is 11.7 Å². The van der Waals surface area contributed by atoms with Crippen LogP contribution in [0.25, 0.3) is 5.69 Å². The molecule has 1 fully saturated rings. The molecule has 0 radical (unpaired) electrons. The van der Waals surface area contributed by atoms with Gasteiger partial charge in [0.25, 0.3) is 5.88 Å². The number of hydrogen-bond acceptors (Lipinski definition) is 8. The van der Waals surface area contributed by atoms with Gasteiger partial charge in [-0.2, -0.15) is 0 Å². The zero-order valence-electron chi connectivity index (χ0n) is 15.5. The molecular formula is C18H17ClFN7O3. The van der Waals surface area contributed by atoms with Gasteiger partial charge in [-0.15, -0.1) is 15.0 Å². The molecule has 0 saturated carbocycles. The fraction of sp³-hybridized carbons (Fsp3) is 0.278. The molecule has 12 heteroatoms. The van der Waals surface area contributed by atoms with E-state index in [-0.39, 0.29) is 10.9 Å². The molecule has 30 heavy (non-hydrogen) atoms. The Kier molecular flexibility index (Phi) is 5.57. The summed E-state index contributed by atoms with van der Waals surface area (Å²) < 4.78 is 19.2. The Balaban J connectivity index is 1.40. The number of aliphatic carboxylic acids is 1. The first kappa shape index (κ1) is 20.1. The normalized spacial score (nSPS) is 19.2. The Labute approximate surface area is 175 Å². The Morgan fingerprint density at radius 3 is 2.77 bits per heavy atom. The minimum Gasteiger partial charge on any atom is -0.481 e. The van der Waals surface area contributed by atoms with Crippen LogP contribution in [0.4, 0.5) is 4.39 Å². The van der Waals surface area contributed by atoms with E-state index in [1.54, 1.807) is 24.3 Å². The minimum atomic E-state index is -0.905. The van der Waals surface area contributed by atoms with E-state index >= 15 is 0 Å². The number of rotatable bonds is 6. The molecule has 1 saturated heterocycles. The summed E-state index contributed by atoms with van der Waals surface area (Å²) >= 11 is 5.68.